The molecule has 1 aliphatic carbocycles. The molecule has 0 spiro atoms. The molecular formula is C43H52F2N12O6. The van der Waals surface area contributed by atoms with Crippen LogP contribution in [0.2, 0.25) is 0 Å². The molecule has 3 saturated heterocycles. The topological polar surface area (TPSA) is 195 Å². The number of carbonyl (C=O) groups excluding carboxylic acids is 4. The van der Waals surface area contributed by atoms with Gasteiger partial charge in [0.25, 0.3) is 12.3 Å². The third kappa shape index (κ3) is 8.57. The van der Waals surface area contributed by atoms with Crippen molar-refractivity contribution in [3.05, 3.63) is 70.2 Å². The molecule has 4 aromatic heterocycles. The number of aromatic nitrogens is 7. The molecule has 1 aromatic carbocycles. The van der Waals surface area contributed by atoms with Crippen LogP contribution in [0.15, 0.2) is 47.7 Å². The highest BCUT2D eigenvalue weighted by Gasteiger charge is 2.35. The fraction of sp³-hybridized carbons (Fsp3) is 0.535. The SMILES string of the molecule is Cn1c(=O)n(C2CCC(=O)NC2=O)c2cccc(CCCOC3CCN(C(=O)C4CCC(n5cc(NC(=O)c6cnn7ccc(N8CCNCC8)nc67)c(C(F)F)n5)CC4)CC3)c21. The second-order valence-corrected chi connectivity index (χ2v) is 17.0. The van der Waals surface area contributed by atoms with Crippen LogP contribution in [-0.2, 0) is 32.6 Å². The first-order valence-electron chi connectivity index (χ1n) is 22.0. The highest BCUT2D eigenvalue weighted by atomic mass is 19.3. The number of carbonyl (C=O) groups is 4. The molecule has 0 radical (unpaired) electrons. The lowest BCUT2D eigenvalue weighted by Gasteiger charge is -2.36. The van der Waals surface area contributed by atoms with Crippen LogP contribution in [0.25, 0.3) is 16.7 Å². The van der Waals surface area contributed by atoms with E-state index in [-0.39, 0.29) is 59.7 Å². The number of aryl methyl sites for hydroxylation is 2. The van der Waals surface area contributed by atoms with Crippen molar-refractivity contribution in [1.29, 1.82) is 0 Å². The molecular weight excluding hydrogens is 819 g/mol. The number of hydrogen-bond donors (Lipinski definition) is 3. The van der Waals surface area contributed by atoms with Crippen molar-refractivity contribution in [3.63, 3.8) is 0 Å². The first kappa shape index (κ1) is 42.3. The Morgan fingerprint density at radius 2 is 1.76 bits per heavy atom. The van der Waals surface area contributed by atoms with E-state index in [1.165, 1.54) is 26.2 Å². The second-order valence-electron chi connectivity index (χ2n) is 17.0. The van der Waals surface area contributed by atoms with Crippen LogP contribution in [-0.4, -0.2) is 114 Å². The highest BCUT2D eigenvalue weighted by Crippen LogP contribution is 2.36. The summed E-state index contributed by atoms with van der Waals surface area (Å²) in [5.74, 6) is -0.747. The summed E-state index contributed by atoms with van der Waals surface area (Å²) in [6, 6.07) is 6.59. The van der Waals surface area contributed by atoms with Gasteiger partial charge in [-0.2, -0.15) is 10.2 Å². The Balaban J connectivity index is 0.744. The number of para-hydroxylation sites is 1. The number of nitrogens with zero attached hydrogens (tertiary/aromatic N) is 9. The minimum atomic E-state index is -2.91. The van der Waals surface area contributed by atoms with Crippen LogP contribution >= 0.6 is 0 Å². The minimum absolute atomic E-state index is 0.0241. The predicted octanol–water partition coefficient (Wildman–Crippen LogP) is 3.53. The number of fused-ring (bicyclic) bond motifs is 2. The Kier molecular flexibility index (Phi) is 12.1. The van der Waals surface area contributed by atoms with E-state index in [2.05, 4.69) is 36.0 Å². The Hall–Kier alpha value is -6.02. The first-order valence-corrected chi connectivity index (χ1v) is 22.0. The normalized spacial score (nSPS) is 21.4. The molecule has 4 fully saturated rings. The summed E-state index contributed by atoms with van der Waals surface area (Å²) in [5, 5.41) is 16.8. The molecule has 1 atom stereocenters. The van der Waals surface area contributed by atoms with E-state index >= 15 is 0 Å². The third-order valence-corrected chi connectivity index (χ3v) is 13.1. The van der Waals surface area contributed by atoms with Gasteiger partial charge < -0.3 is 25.2 Å². The molecule has 334 valence electrons. The molecule has 4 amide bonds. The second kappa shape index (κ2) is 18.0. The number of hydrogen-bond acceptors (Lipinski definition) is 11. The number of benzene rings is 1. The van der Waals surface area contributed by atoms with Crippen molar-refractivity contribution < 1.29 is 32.7 Å². The minimum Gasteiger partial charge on any atom is -0.378 e. The molecule has 7 heterocycles. The summed E-state index contributed by atoms with van der Waals surface area (Å²) in [6.45, 7) is 4.88. The lowest BCUT2D eigenvalue weighted by atomic mass is 9.85. The molecule has 1 saturated carbocycles. The van der Waals surface area contributed by atoms with Crippen molar-refractivity contribution >= 4 is 51.8 Å². The number of imide groups is 1. The summed E-state index contributed by atoms with van der Waals surface area (Å²) >= 11 is 0. The summed E-state index contributed by atoms with van der Waals surface area (Å²) in [5.41, 5.74) is 2.02. The van der Waals surface area contributed by atoms with Gasteiger partial charge >= 0.3 is 5.69 Å². The van der Waals surface area contributed by atoms with Crippen LogP contribution in [0, 0.1) is 5.92 Å². The summed E-state index contributed by atoms with van der Waals surface area (Å²) in [4.78, 5) is 73.4. The maximum atomic E-state index is 14.3. The van der Waals surface area contributed by atoms with Gasteiger partial charge in [-0.1, -0.05) is 12.1 Å². The average molecular weight is 871 g/mol. The molecule has 63 heavy (non-hydrogen) atoms. The molecule has 9 rings (SSSR count). The van der Waals surface area contributed by atoms with Gasteiger partial charge in [-0.25, -0.2) is 23.1 Å². The predicted molar refractivity (Wildman–Crippen MR) is 227 cm³/mol. The monoisotopic (exact) mass is 870 g/mol. The Bertz CT molecular complexity index is 2580. The number of amides is 4. The number of anilines is 2. The largest absolute Gasteiger partial charge is 0.378 e. The van der Waals surface area contributed by atoms with E-state index < -0.39 is 30.0 Å². The molecule has 5 aromatic rings. The van der Waals surface area contributed by atoms with E-state index in [9.17, 15) is 32.8 Å². The quantitative estimate of drug-likeness (QED) is 0.123. The molecule has 20 heteroatoms. The van der Waals surface area contributed by atoms with Crippen LogP contribution in [0.3, 0.4) is 0 Å². The van der Waals surface area contributed by atoms with E-state index in [0.29, 0.717) is 68.8 Å². The third-order valence-electron chi connectivity index (χ3n) is 13.1. The van der Waals surface area contributed by atoms with Crippen molar-refractivity contribution in [3.8, 4) is 0 Å². The van der Waals surface area contributed by atoms with Crippen molar-refractivity contribution in [2.24, 2.45) is 13.0 Å². The Morgan fingerprint density at radius 3 is 2.51 bits per heavy atom. The lowest BCUT2D eigenvalue weighted by molar-refractivity contribution is -0.139. The van der Waals surface area contributed by atoms with Gasteiger partial charge in [-0.15, -0.1) is 0 Å². The number of piperazine rings is 1. The number of piperidine rings is 2. The van der Waals surface area contributed by atoms with Crippen LogP contribution in [0.1, 0.15) is 97.9 Å². The number of ether oxygens (including phenoxy) is 1. The Morgan fingerprint density at radius 1 is 0.984 bits per heavy atom. The number of alkyl halides is 2. The summed E-state index contributed by atoms with van der Waals surface area (Å²) in [7, 11) is 1.70. The van der Waals surface area contributed by atoms with Crippen molar-refractivity contribution in [1.82, 2.24) is 49.0 Å². The number of nitrogens with one attached hydrogen (secondary N) is 3. The summed E-state index contributed by atoms with van der Waals surface area (Å²) in [6.07, 6.45) is 7.36. The fourth-order valence-electron chi connectivity index (χ4n) is 9.68. The number of halogens is 2. The maximum absolute atomic E-state index is 14.3. The van der Waals surface area contributed by atoms with Gasteiger partial charge in [0.2, 0.25) is 17.7 Å². The molecule has 4 aliphatic rings. The average Bonchev–Trinajstić information content (AvgIpc) is 4.00. The lowest BCUT2D eigenvalue weighted by Crippen LogP contribution is -2.44. The molecule has 3 N–H and O–H groups in total. The van der Waals surface area contributed by atoms with Crippen molar-refractivity contribution in [2.45, 2.75) is 88.8 Å². The van der Waals surface area contributed by atoms with Gasteiger partial charge in [-0.3, -0.25) is 38.3 Å². The van der Waals surface area contributed by atoms with E-state index in [0.717, 1.165) is 56.5 Å². The van der Waals surface area contributed by atoms with Gasteiger partial charge in [0.1, 0.15) is 17.4 Å². The van der Waals surface area contributed by atoms with Gasteiger partial charge in [0.05, 0.1) is 35.1 Å². The van der Waals surface area contributed by atoms with Crippen LogP contribution in [0.4, 0.5) is 20.3 Å². The zero-order valence-electron chi connectivity index (χ0n) is 35.2. The fourth-order valence-corrected chi connectivity index (χ4v) is 9.68. The summed E-state index contributed by atoms with van der Waals surface area (Å²) < 4.78 is 40.8. The zero-order valence-corrected chi connectivity index (χ0v) is 35.2. The van der Waals surface area contributed by atoms with Gasteiger partial charge in [-0.05, 0) is 75.5 Å². The van der Waals surface area contributed by atoms with Crippen LogP contribution < -0.4 is 26.5 Å². The van der Waals surface area contributed by atoms with Crippen LogP contribution in [0.5, 0.6) is 0 Å². The van der Waals surface area contributed by atoms with Crippen molar-refractivity contribution in [2.75, 3.05) is 56.1 Å². The van der Waals surface area contributed by atoms with Gasteiger partial charge in [0, 0.05) is 77.7 Å². The number of rotatable bonds is 12. The highest BCUT2D eigenvalue weighted by molar-refractivity contribution is 6.08. The van der Waals surface area contributed by atoms with Gasteiger partial charge in [0.15, 0.2) is 11.3 Å². The van der Waals surface area contributed by atoms with E-state index in [4.69, 9.17) is 4.74 Å². The number of likely N-dealkylation sites (tertiary alicyclic amines) is 1. The van der Waals surface area contributed by atoms with E-state index in [1.54, 1.807) is 17.8 Å². The molecule has 18 nitrogen and oxygen atoms in total. The molecule has 3 aliphatic heterocycles. The first-order chi connectivity index (χ1) is 30.5. The number of imidazole rings is 1. The standard InChI is InChI=1S/C43H52F2N12O6/c1-52-37-26(4-2-6-32(37)57(43(52)62)33-11-12-35(58)50-41(33)60)5-3-23-63-29-13-18-54(19-14-29)42(61)27-7-9-28(10-8-27)56-25-31(36(51-56)38(44)45)48-40(59)30-24-47-55-20-15-34(49-39(30)55)53-21-16-46-17-22-53/h2,4,6,15,20,24-25,27-29,33,38,46H,3,5,7-14,16-19,21-23H2,1H3,(H,48,59)(H,50,58,60). The Labute approximate surface area is 360 Å². The maximum Gasteiger partial charge on any atom is 0.329 e. The smallest absolute Gasteiger partial charge is 0.329 e. The zero-order chi connectivity index (χ0) is 43.8. The van der Waals surface area contributed by atoms with E-state index in [1.807, 2.05) is 29.2 Å². The molecule has 0 bridgehead atoms. The molecule has 1 unspecified atom stereocenters.